The van der Waals surface area contributed by atoms with Crippen molar-refractivity contribution in [2.24, 2.45) is 0 Å². The quantitative estimate of drug-likeness (QED) is 0.570. The molecule has 0 N–H and O–H groups in total. The molecule has 6 heteroatoms. The van der Waals surface area contributed by atoms with E-state index >= 15 is 0 Å². The van der Waals surface area contributed by atoms with Crippen molar-refractivity contribution >= 4 is 22.4 Å². The lowest BCUT2D eigenvalue weighted by Crippen LogP contribution is -2.23. The smallest absolute Gasteiger partial charge is 0.276 e. The lowest BCUT2D eigenvalue weighted by Gasteiger charge is -1.98. The summed E-state index contributed by atoms with van der Waals surface area (Å²) in [6.45, 7) is 2.00. The zero-order valence-electron chi connectivity index (χ0n) is 11.7. The molecule has 0 saturated heterocycles. The van der Waals surface area contributed by atoms with Gasteiger partial charge in [-0.25, -0.2) is 4.40 Å². The first kappa shape index (κ1) is 13.0. The first-order valence-electron chi connectivity index (χ1n) is 6.72. The average molecular weight is 309 g/mol. The Bertz CT molecular complexity index is 1060. The van der Waals surface area contributed by atoms with Crippen molar-refractivity contribution in [1.82, 2.24) is 14.6 Å². The van der Waals surface area contributed by atoms with E-state index in [9.17, 15) is 4.79 Å². The number of nitrogens with zero attached hydrogens (tertiary/aromatic N) is 3. The summed E-state index contributed by atoms with van der Waals surface area (Å²) in [4.78, 5) is 13.2. The minimum Gasteiger partial charge on any atom is -0.465 e. The first-order chi connectivity index (χ1) is 10.7. The van der Waals surface area contributed by atoms with Crippen LogP contribution in [0.2, 0.25) is 0 Å². The molecule has 0 bridgehead atoms. The zero-order chi connectivity index (χ0) is 15.1. The summed E-state index contributed by atoms with van der Waals surface area (Å²) in [5.41, 5.74) is 1.86. The molecule has 3 aromatic heterocycles. The van der Waals surface area contributed by atoms with Crippen molar-refractivity contribution in [3.8, 4) is 11.4 Å². The maximum absolute atomic E-state index is 12.6. The fourth-order valence-corrected chi connectivity index (χ4v) is 3.23. The molecule has 0 unspecified atom stereocenters. The van der Waals surface area contributed by atoms with Crippen molar-refractivity contribution in [3.63, 3.8) is 0 Å². The van der Waals surface area contributed by atoms with E-state index < -0.39 is 0 Å². The van der Waals surface area contributed by atoms with Gasteiger partial charge in [0.05, 0.1) is 6.26 Å². The number of hydrogen-bond acceptors (Lipinski definition) is 5. The molecule has 0 fully saturated rings. The molecule has 0 aliphatic carbocycles. The second-order valence-electron chi connectivity index (χ2n) is 4.94. The molecule has 0 saturated carbocycles. The van der Waals surface area contributed by atoms with E-state index in [0.717, 1.165) is 11.1 Å². The molecule has 0 aliphatic heterocycles. The first-order valence-corrected chi connectivity index (χ1v) is 7.54. The van der Waals surface area contributed by atoms with Crippen LogP contribution in [0.1, 0.15) is 11.3 Å². The van der Waals surface area contributed by atoms with E-state index in [1.54, 1.807) is 22.8 Å². The summed E-state index contributed by atoms with van der Waals surface area (Å²) in [5, 5.41) is 8.27. The van der Waals surface area contributed by atoms with Gasteiger partial charge in [-0.05, 0) is 25.1 Å². The molecule has 4 aromatic rings. The van der Waals surface area contributed by atoms with Crippen LogP contribution in [0.5, 0.6) is 0 Å². The molecular weight excluding hydrogens is 298 g/mol. The molecule has 0 atom stereocenters. The third-order valence-corrected chi connectivity index (χ3v) is 4.30. The number of furan rings is 1. The summed E-state index contributed by atoms with van der Waals surface area (Å²) >= 11 is 1.30. The molecule has 0 amide bonds. The predicted molar refractivity (Wildman–Crippen MR) is 84.8 cm³/mol. The topological polar surface area (TPSA) is 60.4 Å². The van der Waals surface area contributed by atoms with Crippen molar-refractivity contribution in [2.45, 2.75) is 6.92 Å². The predicted octanol–water partition coefficient (Wildman–Crippen LogP) is 2.27. The fourth-order valence-electron chi connectivity index (χ4n) is 2.34. The van der Waals surface area contributed by atoms with Gasteiger partial charge in [0.2, 0.25) is 4.96 Å². The second kappa shape index (κ2) is 4.92. The number of benzene rings is 1. The Morgan fingerprint density at radius 1 is 1.23 bits per heavy atom. The normalized spacial score (nSPS) is 12.3. The van der Waals surface area contributed by atoms with Gasteiger partial charge in [0.25, 0.3) is 5.56 Å². The van der Waals surface area contributed by atoms with Gasteiger partial charge in [0.15, 0.2) is 5.82 Å². The molecule has 108 valence electrons. The molecule has 22 heavy (non-hydrogen) atoms. The van der Waals surface area contributed by atoms with Crippen LogP contribution in [0.15, 0.2) is 51.9 Å². The summed E-state index contributed by atoms with van der Waals surface area (Å²) in [6, 6.07) is 11.5. The van der Waals surface area contributed by atoms with Crippen LogP contribution in [0, 0.1) is 6.92 Å². The number of aromatic nitrogens is 3. The third kappa shape index (κ3) is 2.05. The van der Waals surface area contributed by atoms with Crippen LogP contribution < -0.4 is 10.1 Å². The van der Waals surface area contributed by atoms with Crippen LogP contribution in [0.25, 0.3) is 22.4 Å². The highest BCUT2D eigenvalue weighted by molar-refractivity contribution is 7.15. The minimum atomic E-state index is -0.127. The van der Waals surface area contributed by atoms with Gasteiger partial charge < -0.3 is 4.42 Å². The van der Waals surface area contributed by atoms with Crippen molar-refractivity contribution in [3.05, 3.63) is 68.9 Å². The molecule has 0 radical (unpaired) electrons. The fraction of sp³-hybridized carbons (Fsp3) is 0.0625. The minimum absolute atomic E-state index is 0.127. The van der Waals surface area contributed by atoms with Gasteiger partial charge in [-0.15, -0.1) is 10.2 Å². The number of thiazole rings is 1. The van der Waals surface area contributed by atoms with Gasteiger partial charge in [0.1, 0.15) is 10.3 Å². The molecule has 0 spiro atoms. The maximum atomic E-state index is 12.6. The van der Waals surface area contributed by atoms with Gasteiger partial charge >= 0.3 is 0 Å². The number of hydrogen-bond donors (Lipinski definition) is 0. The van der Waals surface area contributed by atoms with E-state index in [4.69, 9.17) is 4.42 Å². The van der Waals surface area contributed by atoms with Crippen LogP contribution in [0.4, 0.5) is 0 Å². The Morgan fingerprint density at radius 3 is 2.91 bits per heavy atom. The molecule has 3 heterocycles. The molecule has 5 nitrogen and oxygen atoms in total. The van der Waals surface area contributed by atoms with Gasteiger partial charge in [0, 0.05) is 11.6 Å². The number of aryl methyl sites for hydroxylation is 1. The number of fused-ring (bicyclic) bond motifs is 1. The molecule has 0 aliphatic rings. The van der Waals surface area contributed by atoms with Crippen LogP contribution >= 0.6 is 11.3 Å². The summed E-state index contributed by atoms with van der Waals surface area (Å²) in [6.07, 6.45) is 3.30. The summed E-state index contributed by atoms with van der Waals surface area (Å²) in [7, 11) is 0. The van der Waals surface area contributed by atoms with E-state index in [-0.39, 0.29) is 5.56 Å². The Morgan fingerprint density at radius 2 is 2.14 bits per heavy atom. The van der Waals surface area contributed by atoms with E-state index in [1.807, 2.05) is 37.3 Å². The molecular formula is C16H11N3O2S. The van der Waals surface area contributed by atoms with Crippen molar-refractivity contribution in [2.75, 3.05) is 0 Å². The zero-order valence-corrected chi connectivity index (χ0v) is 12.5. The lowest BCUT2D eigenvalue weighted by atomic mass is 10.1. The Balaban J connectivity index is 1.96. The standard InChI is InChI=1S/C16H11N3O2S/c1-10-4-2-5-11(8-10)14-17-18-16-19(14)15(20)13(22-16)9-12-6-3-7-21-12/h2-9H,1H3. The van der Waals surface area contributed by atoms with E-state index in [1.165, 1.54) is 11.3 Å². The Labute approximate surface area is 129 Å². The highest BCUT2D eigenvalue weighted by Gasteiger charge is 2.14. The van der Waals surface area contributed by atoms with E-state index in [0.29, 0.717) is 21.1 Å². The molecule has 4 rings (SSSR count). The van der Waals surface area contributed by atoms with Gasteiger partial charge in [-0.3, -0.25) is 4.79 Å². The Kier molecular flexibility index (Phi) is 2.90. The highest BCUT2D eigenvalue weighted by atomic mass is 32.1. The third-order valence-electron chi connectivity index (χ3n) is 3.34. The average Bonchev–Trinajstić information content (AvgIpc) is 3.20. The van der Waals surface area contributed by atoms with Crippen molar-refractivity contribution < 1.29 is 4.42 Å². The van der Waals surface area contributed by atoms with Crippen molar-refractivity contribution in [1.29, 1.82) is 0 Å². The monoisotopic (exact) mass is 309 g/mol. The molecule has 1 aromatic carbocycles. The van der Waals surface area contributed by atoms with Gasteiger partial charge in [-0.1, -0.05) is 35.1 Å². The largest absolute Gasteiger partial charge is 0.465 e. The highest BCUT2D eigenvalue weighted by Crippen LogP contribution is 2.18. The SMILES string of the molecule is Cc1cccc(-c2nnc3sc(=Cc4ccco4)c(=O)n23)c1. The second-order valence-corrected chi connectivity index (χ2v) is 5.95. The maximum Gasteiger partial charge on any atom is 0.276 e. The Hall–Kier alpha value is -2.73. The van der Waals surface area contributed by atoms with Gasteiger partial charge in [-0.2, -0.15) is 0 Å². The van der Waals surface area contributed by atoms with Crippen LogP contribution in [0.3, 0.4) is 0 Å². The summed E-state index contributed by atoms with van der Waals surface area (Å²) < 4.78 is 7.39. The lowest BCUT2D eigenvalue weighted by molar-refractivity contribution is 0.556. The number of rotatable bonds is 2. The van der Waals surface area contributed by atoms with E-state index in [2.05, 4.69) is 10.2 Å². The summed E-state index contributed by atoms with van der Waals surface area (Å²) in [5.74, 6) is 1.21. The van der Waals surface area contributed by atoms with Crippen LogP contribution in [-0.4, -0.2) is 14.6 Å². The van der Waals surface area contributed by atoms with Crippen LogP contribution in [-0.2, 0) is 0 Å².